The van der Waals surface area contributed by atoms with Gasteiger partial charge in [0.2, 0.25) is 11.0 Å². The van der Waals surface area contributed by atoms with Crippen LogP contribution in [0.4, 0.5) is 5.13 Å². The van der Waals surface area contributed by atoms with E-state index in [1.807, 2.05) is 0 Å². The van der Waals surface area contributed by atoms with Gasteiger partial charge in [-0.2, -0.15) is 0 Å². The second kappa shape index (κ2) is 5.83. The van der Waals surface area contributed by atoms with Crippen molar-refractivity contribution in [1.29, 1.82) is 0 Å². The minimum Gasteiger partial charge on any atom is -0.300 e. The molecule has 1 amide bonds. The van der Waals surface area contributed by atoms with Gasteiger partial charge in [0.15, 0.2) is 0 Å². The molecule has 5 heteroatoms. The van der Waals surface area contributed by atoms with Gasteiger partial charge in [0.1, 0.15) is 5.01 Å². The van der Waals surface area contributed by atoms with Gasteiger partial charge in [-0.15, -0.1) is 10.2 Å². The summed E-state index contributed by atoms with van der Waals surface area (Å²) in [4.78, 5) is 12.3. The summed E-state index contributed by atoms with van der Waals surface area (Å²) in [5.74, 6) is 2.92. The van der Waals surface area contributed by atoms with E-state index in [9.17, 15) is 4.79 Å². The molecule has 4 bridgehead atoms. The highest BCUT2D eigenvalue weighted by atomic mass is 32.1. The van der Waals surface area contributed by atoms with Gasteiger partial charge in [-0.25, -0.2) is 0 Å². The molecule has 4 aliphatic rings. The quantitative estimate of drug-likeness (QED) is 0.870. The van der Waals surface area contributed by atoms with Crippen LogP contribution in [0.25, 0.3) is 0 Å². The predicted molar refractivity (Wildman–Crippen MR) is 92.5 cm³/mol. The molecule has 1 heterocycles. The van der Waals surface area contributed by atoms with Crippen LogP contribution in [0, 0.1) is 23.7 Å². The van der Waals surface area contributed by atoms with E-state index >= 15 is 0 Å². The first-order valence-electron chi connectivity index (χ1n) is 9.26. The Morgan fingerprint density at radius 2 is 1.70 bits per heavy atom. The Labute approximate surface area is 142 Å². The fourth-order valence-corrected chi connectivity index (χ4v) is 6.69. The van der Waals surface area contributed by atoms with Gasteiger partial charge in [-0.05, 0) is 69.1 Å². The molecule has 0 aliphatic heterocycles. The van der Waals surface area contributed by atoms with Crippen LogP contribution in [0.5, 0.6) is 0 Å². The highest BCUT2D eigenvalue weighted by Gasteiger charge is 2.53. The van der Waals surface area contributed by atoms with Crippen LogP contribution < -0.4 is 5.32 Å². The van der Waals surface area contributed by atoms with Crippen molar-refractivity contribution in [2.75, 3.05) is 5.32 Å². The molecule has 4 saturated carbocycles. The maximum absolute atomic E-state index is 12.3. The number of amides is 1. The maximum atomic E-state index is 12.3. The third-order valence-electron chi connectivity index (χ3n) is 6.50. The molecule has 0 unspecified atom stereocenters. The second-order valence-electron chi connectivity index (χ2n) is 8.11. The summed E-state index contributed by atoms with van der Waals surface area (Å²) >= 11 is 1.63. The predicted octanol–water partition coefficient (Wildman–Crippen LogP) is 4.38. The number of anilines is 1. The molecule has 5 rings (SSSR count). The summed E-state index contributed by atoms with van der Waals surface area (Å²) in [6.45, 7) is 4.13. The zero-order valence-electron chi connectivity index (χ0n) is 14.2. The van der Waals surface area contributed by atoms with Crippen molar-refractivity contribution in [3.8, 4) is 0 Å². The summed E-state index contributed by atoms with van der Waals surface area (Å²) in [7, 11) is 0. The SMILES string of the molecule is CCC(CC)C(=O)Nc1nnc(C23CC4CC(CC(C4)C2)C3)s1. The second-order valence-corrected chi connectivity index (χ2v) is 9.09. The zero-order chi connectivity index (χ0) is 16.0. The lowest BCUT2D eigenvalue weighted by Gasteiger charge is -2.55. The maximum Gasteiger partial charge on any atom is 0.229 e. The van der Waals surface area contributed by atoms with Gasteiger partial charge in [0.25, 0.3) is 0 Å². The molecule has 0 aromatic carbocycles. The van der Waals surface area contributed by atoms with E-state index in [-0.39, 0.29) is 17.2 Å². The molecule has 0 spiro atoms. The Kier molecular flexibility index (Phi) is 3.94. The average Bonchev–Trinajstić information content (AvgIpc) is 2.96. The number of nitrogens with zero attached hydrogens (tertiary/aromatic N) is 2. The fraction of sp³-hybridized carbons (Fsp3) is 0.833. The fourth-order valence-electron chi connectivity index (χ4n) is 5.73. The van der Waals surface area contributed by atoms with Crippen LogP contribution in [0.2, 0.25) is 0 Å². The van der Waals surface area contributed by atoms with Crippen LogP contribution in [0.1, 0.15) is 70.2 Å². The molecule has 4 fully saturated rings. The van der Waals surface area contributed by atoms with Crippen molar-refractivity contribution in [1.82, 2.24) is 10.2 Å². The van der Waals surface area contributed by atoms with E-state index < -0.39 is 0 Å². The molecule has 1 aromatic rings. The summed E-state index contributed by atoms with van der Waals surface area (Å²) in [5, 5.41) is 13.7. The Balaban J connectivity index is 1.51. The Hall–Kier alpha value is -0.970. The minimum absolute atomic E-state index is 0.0851. The van der Waals surface area contributed by atoms with Crippen LogP contribution >= 0.6 is 11.3 Å². The van der Waals surface area contributed by atoms with E-state index in [4.69, 9.17) is 0 Å². The van der Waals surface area contributed by atoms with Gasteiger partial charge in [0, 0.05) is 11.3 Å². The first-order chi connectivity index (χ1) is 11.1. The van der Waals surface area contributed by atoms with Gasteiger partial charge in [-0.3, -0.25) is 4.79 Å². The molecule has 23 heavy (non-hydrogen) atoms. The summed E-state index contributed by atoms with van der Waals surface area (Å²) in [6, 6.07) is 0. The van der Waals surface area contributed by atoms with E-state index in [0.29, 0.717) is 5.13 Å². The molecular weight excluding hydrogens is 306 g/mol. The third-order valence-corrected chi connectivity index (χ3v) is 7.59. The molecule has 126 valence electrons. The van der Waals surface area contributed by atoms with Crippen molar-refractivity contribution in [2.45, 2.75) is 70.6 Å². The zero-order valence-corrected chi connectivity index (χ0v) is 15.0. The van der Waals surface area contributed by atoms with Gasteiger partial charge in [0.05, 0.1) is 0 Å². The van der Waals surface area contributed by atoms with E-state index in [1.54, 1.807) is 11.3 Å². The number of carbonyl (C=O) groups excluding carboxylic acids is 1. The molecular formula is C18H27N3OS. The molecule has 4 aliphatic carbocycles. The van der Waals surface area contributed by atoms with Crippen LogP contribution in [0.15, 0.2) is 0 Å². The number of hydrogen-bond acceptors (Lipinski definition) is 4. The van der Waals surface area contributed by atoms with Crippen LogP contribution in [-0.2, 0) is 10.2 Å². The Morgan fingerprint density at radius 1 is 1.13 bits per heavy atom. The number of aromatic nitrogens is 2. The molecule has 1 N–H and O–H groups in total. The first-order valence-corrected chi connectivity index (χ1v) is 10.1. The Bertz CT molecular complexity index is 558. The first kappa shape index (κ1) is 15.6. The van der Waals surface area contributed by atoms with Gasteiger partial charge in [-0.1, -0.05) is 25.2 Å². The lowest BCUT2D eigenvalue weighted by Crippen LogP contribution is -2.48. The average molecular weight is 334 g/mol. The van der Waals surface area contributed by atoms with Gasteiger partial charge >= 0.3 is 0 Å². The summed E-state index contributed by atoms with van der Waals surface area (Å²) < 4.78 is 0. The van der Waals surface area contributed by atoms with Gasteiger partial charge < -0.3 is 5.32 Å². The summed E-state index contributed by atoms with van der Waals surface area (Å²) in [6.07, 6.45) is 9.98. The highest BCUT2D eigenvalue weighted by Crippen LogP contribution is 2.61. The van der Waals surface area contributed by atoms with E-state index in [2.05, 4.69) is 29.4 Å². The molecule has 0 radical (unpaired) electrons. The number of rotatable bonds is 5. The molecule has 1 aromatic heterocycles. The monoisotopic (exact) mass is 333 g/mol. The topological polar surface area (TPSA) is 54.9 Å². The smallest absolute Gasteiger partial charge is 0.229 e. The number of hydrogen-bond donors (Lipinski definition) is 1. The molecule has 4 nitrogen and oxygen atoms in total. The van der Waals surface area contributed by atoms with Crippen LogP contribution in [-0.4, -0.2) is 16.1 Å². The lowest BCUT2D eigenvalue weighted by molar-refractivity contribution is -0.120. The third kappa shape index (κ3) is 2.71. The number of carbonyl (C=O) groups is 1. The van der Waals surface area contributed by atoms with E-state index in [1.165, 1.54) is 43.5 Å². The van der Waals surface area contributed by atoms with Crippen molar-refractivity contribution >= 4 is 22.4 Å². The highest BCUT2D eigenvalue weighted by molar-refractivity contribution is 7.15. The van der Waals surface area contributed by atoms with Crippen molar-refractivity contribution in [3.63, 3.8) is 0 Å². The largest absolute Gasteiger partial charge is 0.300 e. The standard InChI is InChI=1S/C18H27N3OS/c1-3-14(4-2)15(22)19-17-21-20-16(23-17)18-8-11-5-12(9-18)7-13(6-11)10-18/h11-14H,3-10H2,1-2H3,(H,19,21,22). The van der Waals surface area contributed by atoms with E-state index in [0.717, 1.165) is 30.6 Å². The van der Waals surface area contributed by atoms with Crippen molar-refractivity contribution < 1.29 is 4.79 Å². The van der Waals surface area contributed by atoms with Crippen molar-refractivity contribution in [2.24, 2.45) is 23.7 Å². The number of nitrogens with one attached hydrogen (secondary N) is 1. The normalized spacial score (nSPS) is 35.0. The molecule has 0 atom stereocenters. The summed E-state index contributed by atoms with van der Waals surface area (Å²) in [5.41, 5.74) is 0.282. The Morgan fingerprint density at radius 3 is 2.22 bits per heavy atom. The van der Waals surface area contributed by atoms with Crippen LogP contribution in [0.3, 0.4) is 0 Å². The molecule has 0 saturated heterocycles. The minimum atomic E-state index is 0.0851. The lowest BCUT2D eigenvalue weighted by atomic mass is 9.50. The van der Waals surface area contributed by atoms with Crippen molar-refractivity contribution in [3.05, 3.63) is 5.01 Å².